The number of hydrogen-bond donors (Lipinski definition) is 3. The molecule has 0 amide bonds. The third kappa shape index (κ3) is 2.57. The van der Waals surface area contributed by atoms with Crippen LogP contribution in [-0.2, 0) is 28.5 Å². The summed E-state index contributed by atoms with van der Waals surface area (Å²) in [5.74, 6) is -1.40. The number of Topliss-reactive ketones (excluding diaryl/α,β-unsaturated/α-hetero) is 1. The summed E-state index contributed by atoms with van der Waals surface area (Å²) in [6.07, 6.45) is -6.33. The number of esters is 1. The molecule has 1 aromatic carbocycles. The van der Waals surface area contributed by atoms with Gasteiger partial charge < -0.3 is 39.0 Å². The minimum Gasteiger partial charge on any atom is -0.461 e. The Labute approximate surface area is 189 Å². The molecule has 10 heteroatoms. The van der Waals surface area contributed by atoms with E-state index < -0.39 is 66.2 Å². The number of fused-ring (bicyclic) bond motifs is 1. The van der Waals surface area contributed by atoms with Gasteiger partial charge in [-0.15, -0.1) is 0 Å². The molecule has 2 saturated carbocycles. The lowest BCUT2D eigenvalue weighted by molar-refractivity contribution is -0.458. The van der Waals surface area contributed by atoms with Crippen LogP contribution in [0.4, 0.5) is 0 Å². The highest BCUT2D eigenvalue weighted by molar-refractivity contribution is 6.00. The SMILES string of the molecule is C[C@@]12O[C@H]3[C@@H](O[C@H](CO)[C@@H](O)[C@@H]3O)OC13C[C]1C(=O)C[C@@H](O2)[C@]13COC(=O)c1ccccc1. The van der Waals surface area contributed by atoms with Gasteiger partial charge in [0.1, 0.15) is 42.4 Å². The van der Waals surface area contributed by atoms with E-state index in [-0.39, 0.29) is 25.2 Å². The van der Waals surface area contributed by atoms with Gasteiger partial charge in [0.25, 0.3) is 0 Å². The van der Waals surface area contributed by atoms with Crippen molar-refractivity contribution < 1.29 is 48.6 Å². The number of ketones is 1. The second kappa shape index (κ2) is 7.05. The predicted molar refractivity (Wildman–Crippen MR) is 106 cm³/mol. The molecule has 3 saturated heterocycles. The minimum atomic E-state index is -1.38. The molecule has 33 heavy (non-hydrogen) atoms. The van der Waals surface area contributed by atoms with Crippen LogP contribution in [0.15, 0.2) is 30.3 Å². The number of aliphatic hydroxyl groups is 3. The van der Waals surface area contributed by atoms with Crippen molar-refractivity contribution in [1.29, 1.82) is 0 Å². The second-order valence-corrected chi connectivity index (χ2v) is 9.48. The topological polar surface area (TPSA) is 141 Å². The maximum absolute atomic E-state index is 12.7. The second-order valence-electron chi connectivity index (χ2n) is 9.48. The van der Waals surface area contributed by atoms with Crippen molar-refractivity contribution in [2.24, 2.45) is 5.41 Å². The van der Waals surface area contributed by atoms with Crippen LogP contribution < -0.4 is 0 Å². The van der Waals surface area contributed by atoms with Gasteiger partial charge in [-0.1, -0.05) is 18.2 Å². The largest absolute Gasteiger partial charge is 0.461 e. The van der Waals surface area contributed by atoms with Crippen LogP contribution in [0.3, 0.4) is 0 Å². The highest BCUT2D eigenvalue weighted by Gasteiger charge is 2.89. The van der Waals surface area contributed by atoms with Crippen LogP contribution in [0.1, 0.15) is 30.1 Å². The van der Waals surface area contributed by atoms with Gasteiger partial charge in [0.2, 0.25) is 0 Å². The van der Waals surface area contributed by atoms with Crippen LogP contribution in [0.5, 0.6) is 0 Å². The molecule has 5 aliphatic rings. The van der Waals surface area contributed by atoms with Crippen LogP contribution in [-0.4, -0.2) is 88.5 Å². The Morgan fingerprint density at radius 1 is 1.15 bits per heavy atom. The molecule has 5 fully saturated rings. The summed E-state index contributed by atoms with van der Waals surface area (Å²) in [4.78, 5) is 25.4. The zero-order chi connectivity index (χ0) is 23.2. The van der Waals surface area contributed by atoms with Crippen LogP contribution in [0, 0.1) is 11.3 Å². The van der Waals surface area contributed by atoms with Gasteiger partial charge in [-0.2, -0.15) is 0 Å². The molecule has 1 unspecified atom stereocenters. The first-order valence-electron chi connectivity index (χ1n) is 11.0. The Hall–Kier alpha value is -1.92. The van der Waals surface area contributed by atoms with Crippen LogP contribution in [0.25, 0.3) is 0 Å². The van der Waals surface area contributed by atoms with Gasteiger partial charge >= 0.3 is 5.97 Å². The fourth-order valence-corrected chi connectivity index (χ4v) is 6.29. The standard InChI is InChI=1S/C23H25O10/c1-21-23(33-20-18(32-21)17(27)16(26)14(9-24)30-20)8-12-13(25)7-15(31-21)22(12,23)10-29-19(28)11-5-3-2-4-6-11/h2-6,14-18,20,24,26-27H,7-10H2,1H3/t14-,15-,16-,17+,18-,20+,21-,22+,23?/m1/s1. The molecule has 1 radical (unpaired) electrons. The Morgan fingerprint density at radius 2 is 1.91 bits per heavy atom. The molecule has 9 atom stereocenters. The van der Waals surface area contributed by atoms with Crippen molar-refractivity contribution >= 4 is 11.8 Å². The van der Waals surface area contributed by atoms with Crippen molar-refractivity contribution in [3.05, 3.63) is 41.8 Å². The average molecular weight is 461 g/mol. The fraction of sp³-hybridized carbons (Fsp3) is 0.609. The van der Waals surface area contributed by atoms with E-state index in [1.807, 2.05) is 0 Å². The molecular weight excluding hydrogens is 436 g/mol. The number of ether oxygens (including phenoxy) is 5. The molecule has 0 bridgehead atoms. The molecular formula is C23H25O10. The third-order valence-corrected chi connectivity index (χ3v) is 7.99. The number of hydrogen-bond acceptors (Lipinski definition) is 10. The van der Waals surface area contributed by atoms with E-state index in [1.54, 1.807) is 37.3 Å². The molecule has 3 heterocycles. The number of carbonyl (C=O) groups is 2. The van der Waals surface area contributed by atoms with E-state index >= 15 is 0 Å². The van der Waals surface area contributed by atoms with E-state index in [1.165, 1.54) is 0 Å². The highest BCUT2D eigenvalue weighted by Crippen LogP contribution is 2.76. The zero-order valence-corrected chi connectivity index (χ0v) is 17.9. The minimum absolute atomic E-state index is 0.0672. The molecule has 3 N–H and O–H groups in total. The summed E-state index contributed by atoms with van der Waals surface area (Å²) in [6.45, 7) is 1.00. The summed E-state index contributed by atoms with van der Waals surface area (Å²) in [7, 11) is 0. The van der Waals surface area contributed by atoms with Crippen molar-refractivity contribution in [2.45, 2.75) is 68.0 Å². The summed E-state index contributed by atoms with van der Waals surface area (Å²) in [5, 5.41) is 30.4. The van der Waals surface area contributed by atoms with Gasteiger partial charge in [0.15, 0.2) is 12.1 Å². The first-order chi connectivity index (χ1) is 15.8. The first kappa shape index (κ1) is 21.6. The van der Waals surface area contributed by atoms with Gasteiger partial charge in [-0.05, 0) is 25.5 Å². The lowest BCUT2D eigenvalue weighted by atomic mass is 9.49. The van der Waals surface area contributed by atoms with E-state index in [2.05, 4.69) is 0 Å². The molecule has 2 aliphatic carbocycles. The van der Waals surface area contributed by atoms with E-state index in [9.17, 15) is 24.9 Å². The quantitative estimate of drug-likeness (QED) is 0.502. The monoisotopic (exact) mass is 461 g/mol. The molecule has 10 nitrogen and oxygen atoms in total. The first-order valence-corrected chi connectivity index (χ1v) is 11.0. The van der Waals surface area contributed by atoms with Crippen LogP contribution in [0.2, 0.25) is 0 Å². The molecule has 6 rings (SSSR count). The number of aliphatic hydroxyl groups excluding tert-OH is 3. The van der Waals surface area contributed by atoms with Gasteiger partial charge in [0, 0.05) is 6.42 Å². The molecule has 1 spiro atoms. The molecule has 1 aromatic rings. The fourth-order valence-electron chi connectivity index (χ4n) is 6.29. The lowest BCUT2D eigenvalue weighted by Crippen LogP contribution is -2.79. The van der Waals surface area contributed by atoms with E-state index in [0.29, 0.717) is 11.5 Å². The lowest BCUT2D eigenvalue weighted by Gasteiger charge is -2.64. The average Bonchev–Trinajstić information content (AvgIpc) is 3.09. The summed E-state index contributed by atoms with van der Waals surface area (Å²) < 4.78 is 30.2. The number of benzene rings is 1. The van der Waals surface area contributed by atoms with Gasteiger partial charge in [-0.3, -0.25) is 4.79 Å². The van der Waals surface area contributed by atoms with Crippen molar-refractivity contribution in [3.8, 4) is 0 Å². The number of rotatable bonds is 4. The molecule has 177 valence electrons. The van der Waals surface area contributed by atoms with Crippen LogP contribution >= 0.6 is 0 Å². The Bertz CT molecular complexity index is 985. The normalized spacial score (nSPS) is 47.9. The van der Waals surface area contributed by atoms with Crippen molar-refractivity contribution in [1.82, 2.24) is 0 Å². The zero-order valence-electron chi connectivity index (χ0n) is 17.9. The summed E-state index contributed by atoms with van der Waals surface area (Å²) in [5.41, 5.74) is -1.87. The van der Waals surface area contributed by atoms with Gasteiger partial charge in [-0.25, -0.2) is 4.79 Å². The predicted octanol–water partition coefficient (Wildman–Crippen LogP) is -0.511. The maximum atomic E-state index is 12.7. The Morgan fingerprint density at radius 3 is 2.64 bits per heavy atom. The summed E-state index contributed by atoms with van der Waals surface area (Å²) >= 11 is 0. The van der Waals surface area contributed by atoms with E-state index in [4.69, 9.17) is 23.7 Å². The smallest absolute Gasteiger partial charge is 0.338 e. The third-order valence-electron chi connectivity index (χ3n) is 7.99. The van der Waals surface area contributed by atoms with Crippen molar-refractivity contribution in [3.63, 3.8) is 0 Å². The molecule has 0 aromatic heterocycles. The molecule has 3 aliphatic heterocycles. The van der Waals surface area contributed by atoms with Crippen molar-refractivity contribution in [2.75, 3.05) is 13.2 Å². The van der Waals surface area contributed by atoms with E-state index in [0.717, 1.165) is 0 Å². The summed E-state index contributed by atoms with van der Waals surface area (Å²) in [6, 6.07) is 8.53. The highest BCUT2D eigenvalue weighted by atomic mass is 16.8. The number of carbonyl (C=O) groups excluding carboxylic acids is 2. The van der Waals surface area contributed by atoms with Gasteiger partial charge in [0.05, 0.1) is 29.6 Å². The Kier molecular flexibility index (Phi) is 4.61. The maximum Gasteiger partial charge on any atom is 0.338 e. The Balaban J connectivity index is 1.33.